The highest BCUT2D eigenvalue weighted by molar-refractivity contribution is 4.87. The summed E-state index contributed by atoms with van der Waals surface area (Å²) in [5, 5.41) is 0. The molecule has 0 rings (SSSR count). The Balaban J connectivity index is 3.57. The van der Waals surface area contributed by atoms with Crippen molar-refractivity contribution in [1.82, 2.24) is 0 Å². The lowest BCUT2D eigenvalue weighted by Gasteiger charge is -2.14. The summed E-state index contributed by atoms with van der Waals surface area (Å²) in [4.78, 5) is 0. The Morgan fingerprint density at radius 2 is 2.00 bits per heavy atom. The van der Waals surface area contributed by atoms with Crippen LogP contribution in [0.1, 0.15) is 33.6 Å². The molecule has 0 radical (unpaired) electrons. The van der Waals surface area contributed by atoms with Crippen LogP contribution >= 0.6 is 0 Å². The van der Waals surface area contributed by atoms with Crippen LogP contribution in [0.5, 0.6) is 0 Å². The van der Waals surface area contributed by atoms with Crippen LogP contribution in [0.25, 0.3) is 0 Å². The molecule has 0 saturated heterocycles. The lowest BCUT2D eigenvalue weighted by Crippen LogP contribution is -2.05. The van der Waals surface area contributed by atoms with Gasteiger partial charge in [0.15, 0.2) is 0 Å². The minimum absolute atomic E-state index is 0.731. The molecule has 0 fully saturated rings. The molecule has 0 heterocycles. The van der Waals surface area contributed by atoms with Gasteiger partial charge in [0.1, 0.15) is 0 Å². The van der Waals surface area contributed by atoms with Crippen LogP contribution in [0.3, 0.4) is 0 Å². The van der Waals surface area contributed by atoms with Gasteiger partial charge in [-0.05, 0) is 11.8 Å². The predicted octanol–water partition coefficient (Wildman–Crippen LogP) is 2.69. The molecule has 0 aromatic rings. The van der Waals surface area contributed by atoms with Gasteiger partial charge < -0.3 is 0 Å². The first-order valence-electron chi connectivity index (χ1n) is 3.65. The van der Waals surface area contributed by atoms with E-state index >= 15 is 0 Å². The summed E-state index contributed by atoms with van der Waals surface area (Å²) in [6, 6.07) is 0. The normalized spacial score (nSPS) is 13.2. The van der Waals surface area contributed by atoms with Crippen molar-refractivity contribution in [2.24, 2.45) is 11.8 Å². The topological polar surface area (TPSA) is 0 Å². The van der Waals surface area contributed by atoms with Crippen molar-refractivity contribution >= 4 is 0 Å². The minimum atomic E-state index is 0.731. The molecule has 0 nitrogen and oxygen atoms in total. The standard InChI is InChI=1S/C9H16/c1-5-7-9(6-2)8(3)4/h1,8-9H,6-7H2,2-4H3. The molecule has 0 bridgehead atoms. The van der Waals surface area contributed by atoms with Crippen LogP contribution in [0.4, 0.5) is 0 Å². The summed E-state index contributed by atoms with van der Waals surface area (Å²) in [6.07, 6.45) is 7.34. The molecule has 0 aliphatic heterocycles. The predicted molar refractivity (Wildman–Crippen MR) is 42.1 cm³/mol. The third-order valence-corrected chi connectivity index (χ3v) is 1.85. The molecule has 0 N–H and O–H groups in total. The van der Waals surface area contributed by atoms with Gasteiger partial charge in [0.25, 0.3) is 0 Å². The maximum absolute atomic E-state index is 5.19. The molecule has 1 atom stereocenters. The zero-order valence-electron chi connectivity index (χ0n) is 6.65. The highest BCUT2D eigenvalue weighted by Gasteiger charge is 2.07. The first-order valence-corrected chi connectivity index (χ1v) is 3.65. The zero-order valence-corrected chi connectivity index (χ0v) is 6.65. The summed E-state index contributed by atoms with van der Waals surface area (Å²) in [6.45, 7) is 6.65. The van der Waals surface area contributed by atoms with Gasteiger partial charge >= 0.3 is 0 Å². The van der Waals surface area contributed by atoms with Crippen molar-refractivity contribution in [1.29, 1.82) is 0 Å². The van der Waals surface area contributed by atoms with Crippen LogP contribution in [0, 0.1) is 24.2 Å². The second kappa shape index (κ2) is 4.44. The van der Waals surface area contributed by atoms with E-state index in [9.17, 15) is 0 Å². The molecule has 0 amide bonds. The second-order valence-corrected chi connectivity index (χ2v) is 2.82. The highest BCUT2D eigenvalue weighted by atomic mass is 14.1. The van der Waals surface area contributed by atoms with Gasteiger partial charge in [-0.15, -0.1) is 12.3 Å². The molecule has 0 heteroatoms. The Bertz CT molecular complexity index is 95.1. The van der Waals surface area contributed by atoms with E-state index in [0.29, 0.717) is 0 Å². The summed E-state index contributed by atoms with van der Waals surface area (Å²) in [5.41, 5.74) is 0. The zero-order chi connectivity index (χ0) is 7.28. The molecule has 0 aliphatic carbocycles. The largest absolute Gasteiger partial charge is 0.120 e. The molecular weight excluding hydrogens is 108 g/mol. The van der Waals surface area contributed by atoms with E-state index in [-0.39, 0.29) is 0 Å². The molecule has 0 saturated carbocycles. The van der Waals surface area contributed by atoms with Crippen LogP contribution in [-0.4, -0.2) is 0 Å². The fourth-order valence-electron chi connectivity index (χ4n) is 1.00. The van der Waals surface area contributed by atoms with E-state index in [0.717, 1.165) is 18.3 Å². The van der Waals surface area contributed by atoms with Crippen LogP contribution in [0.2, 0.25) is 0 Å². The first-order chi connectivity index (χ1) is 4.22. The highest BCUT2D eigenvalue weighted by Crippen LogP contribution is 2.17. The number of hydrogen-bond acceptors (Lipinski definition) is 0. The SMILES string of the molecule is C#CCC(CC)C(C)C. The molecule has 9 heavy (non-hydrogen) atoms. The number of rotatable bonds is 3. The number of terminal acetylenes is 1. The Morgan fingerprint density at radius 1 is 1.44 bits per heavy atom. The molecule has 0 aromatic heterocycles. The molecular formula is C9H16. The van der Waals surface area contributed by atoms with E-state index in [1.165, 1.54) is 6.42 Å². The van der Waals surface area contributed by atoms with Gasteiger partial charge in [0, 0.05) is 6.42 Å². The van der Waals surface area contributed by atoms with Crippen molar-refractivity contribution in [3.8, 4) is 12.3 Å². The average molecular weight is 124 g/mol. The lowest BCUT2D eigenvalue weighted by atomic mass is 9.91. The maximum Gasteiger partial charge on any atom is 0.0117 e. The Morgan fingerprint density at radius 3 is 2.11 bits per heavy atom. The maximum atomic E-state index is 5.19. The van der Waals surface area contributed by atoms with Crippen molar-refractivity contribution in [2.45, 2.75) is 33.6 Å². The van der Waals surface area contributed by atoms with E-state index in [1.54, 1.807) is 0 Å². The van der Waals surface area contributed by atoms with Crippen molar-refractivity contribution in [3.63, 3.8) is 0 Å². The van der Waals surface area contributed by atoms with Crippen molar-refractivity contribution in [3.05, 3.63) is 0 Å². The monoisotopic (exact) mass is 124 g/mol. The van der Waals surface area contributed by atoms with Gasteiger partial charge in [0.2, 0.25) is 0 Å². The van der Waals surface area contributed by atoms with Crippen molar-refractivity contribution in [2.75, 3.05) is 0 Å². The molecule has 0 aliphatic rings. The van der Waals surface area contributed by atoms with Gasteiger partial charge in [-0.1, -0.05) is 27.2 Å². The molecule has 0 spiro atoms. The molecule has 1 unspecified atom stereocenters. The van der Waals surface area contributed by atoms with Gasteiger partial charge in [0.05, 0.1) is 0 Å². The fourth-order valence-corrected chi connectivity index (χ4v) is 1.00. The van der Waals surface area contributed by atoms with Gasteiger partial charge in [-0.25, -0.2) is 0 Å². The summed E-state index contributed by atoms with van der Waals surface area (Å²) in [5.74, 6) is 4.17. The van der Waals surface area contributed by atoms with E-state index < -0.39 is 0 Å². The van der Waals surface area contributed by atoms with E-state index in [4.69, 9.17) is 6.42 Å². The summed E-state index contributed by atoms with van der Waals surface area (Å²) in [7, 11) is 0. The summed E-state index contributed by atoms with van der Waals surface area (Å²) < 4.78 is 0. The van der Waals surface area contributed by atoms with Crippen LogP contribution < -0.4 is 0 Å². The Labute approximate surface area is 58.7 Å². The Hall–Kier alpha value is -0.440. The third kappa shape index (κ3) is 3.19. The van der Waals surface area contributed by atoms with Gasteiger partial charge in [-0.2, -0.15) is 0 Å². The quantitative estimate of drug-likeness (QED) is 0.507. The number of hydrogen-bond donors (Lipinski definition) is 0. The Kier molecular flexibility index (Phi) is 4.22. The van der Waals surface area contributed by atoms with Gasteiger partial charge in [-0.3, -0.25) is 0 Å². The third-order valence-electron chi connectivity index (χ3n) is 1.85. The van der Waals surface area contributed by atoms with E-state index in [1.807, 2.05) is 0 Å². The van der Waals surface area contributed by atoms with E-state index in [2.05, 4.69) is 26.7 Å². The lowest BCUT2D eigenvalue weighted by molar-refractivity contribution is 0.381. The second-order valence-electron chi connectivity index (χ2n) is 2.82. The average Bonchev–Trinajstić information content (AvgIpc) is 1.82. The molecule has 0 aromatic carbocycles. The smallest absolute Gasteiger partial charge is 0.0117 e. The van der Waals surface area contributed by atoms with Crippen LogP contribution in [-0.2, 0) is 0 Å². The first kappa shape index (κ1) is 8.56. The van der Waals surface area contributed by atoms with Crippen molar-refractivity contribution < 1.29 is 0 Å². The minimum Gasteiger partial charge on any atom is -0.120 e. The fraction of sp³-hybridized carbons (Fsp3) is 0.778. The molecule has 52 valence electrons. The van der Waals surface area contributed by atoms with Crippen LogP contribution in [0.15, 0.2) is 0 Å². The summed E-state index contributed by atoms with van der Waals surface area (Å²) >= 11 is 0.